The molecule has 2 aliphatic rings. The maximum absolute atomic E-state index is 13.6. The van der Waals surface area contributed by atoms with Crippen molar-refractivity contribution in [3.05, 3.63) is 76.8 Å². The molecule has 0 saturated carbocycles. The molecule has 2 aliphatic heterocycles. The first kappa shape index (κ1) is 32.5. The first-order chi connectivity index (χ1) is 21.3. The number of carboxylic acids is 1. The number of hydrogen-bond donors (Lipinski definition) is 3. The Hall–Kier alpha value is -3.88. The SMILES string of the molecule is O=C([O-])C1=C(CSc2nncs2)CS[C@H]2C(NC(=O)C(NC(=O)c3nnc(-n4cccn4)nc3O)c3ccccc3)C(=O)N12.[Na+]. The van der Waals surface area contributed by atoms with Crippen LogP contribution < -0.4 is 45.3 Å². The number of aromatic nitrogens is 7. The van der Waals surface area contributed by atoms with Crippen molar-refractivity contribution in [1.82, 2.24) is 50.7 Å². The van der Waals surface area contributed by atoms with Gasteiger partial charge in [0.2, 0.25) is 17.5 Å². The summed E-state index contributed by atoms with van der Waals surface area (Å²) in [7, 11) is 0. The molecule has 16 nitrogen and oxygen atoms in total. The molecule has 2 unspecified atom stereocenters. The fourth-order valence-electron chi connectivity index (χ4n) is 4.48. The molecule has 0 aliphatic carbocycles. The van der Waals surface area contributed by atoms with Gasteiger partial charge >= 0.3 is 29.6 Å². The number of amides is 3. The summed E-state index contributed by atoms with van der Waals surface area (Å²) in [6.45, 7) is 0. The monoisotopic (exact) mass is 674 g/mol. The Balaban J connectivity index is 0.00000400. The van der Waals surface area contributed by atoms with Crippen molar-refractivity contribution in [2.24, 2.45) is 0 Å². The summed E-state index contributed by atoms with van der Waals surface area (Å²) < 4.78 is 1.89. The topological polar surface area (TPSA) is 221 Å². The first-order valence-electron chi connectivity index (χ1n) is 12.7. The van der Waals surface area contributed by atoms with E-state index < -0.39 is 52.7 Å². The van der Waals surface area contributed by atoms with Crippen molar-refractivity contribution in [3.63, 3.8) is 0 Å². The van der Waals surface area contributed by atoms with Gasteiger partial charge in [-0.1, -0.05) is 53.4 Å². The van der Waals surface area contributed by atoms with E-state index >= 15 is 0 Å². The van der Waals surface area contributed by atoms with Gasteiger partial charge < -0.3 is 25.6 Å². The summed E-state index contributed by atoms with van der Waals surface area (Å²) in [6.07, 6.45) is 2.99. The summed E-state index contributed by atoms with van der Waals surface area (Å²) in [6, 6.07) is 7.45. The summed E-state index contributed by atoms with van der Waals surface area (Å²) >= 11 is 3.91. The Morgan fingerprint density at radius 2 is 1.96 bits per heavy atom. The van der Waals surface area contributed by atoms with Crippen molar-refractivity contribution >= 4 is 58.6 Å². The molecule has 6 rings (SSSR count). The van der Waals surface area contributed by atoms with Crippen LogP contribution in [0.1, 0.15) is 22.1 Å². The van der Waals surface area contributed by atoms with Crippen LogP contribution in [0.15, 0.2) is 69.9 Å². The smallest absolute Gasteiger partial charge is 0.543 e. The molecule has 1 aromatic carbocycles. The van der Waals surface area contributed by atoms with Crippen LogP contribution in [0, 0.1) is 0 Å². The average Bonchev–Trinajstić information content (AvgIpc) is 3.76. The predicted octanol–water partition coefficient (Wildman–Crippen LogP) is -3.71. The van der Waals surface area contributed by atoms with Gasteiger partial charge in [-0.05, 0) is 17.2 Å². The number of thioether (sulfide) groups is 2. The maximum Gasteiger partial charge on any atom is 1.00 e. The van der Waals surface area contributed by atoms with Crippen molar-refractivity contribution in [2.45, 2.75) is 21.8 Å². The van der Waals surface area contributed by atoms with Crippen LogP contribution in [0.25, 0.3) is 5.95 Å². The Labute approximate surface area is 288 Å². The first-order valence-corrected chi connectivity index (χ1v) is 15.6. The van der Waals surface area contributed by atoms with Crippen molar-refractivity contribution in [1.29, 1.82) is 0 Å². The molecule has 20 heteroatoms. The van der Waals surface area contributed by atoms with Gasteiger partial charge in [0.15, 0.2) is 4.34 Å². The molecular formula is C25H19N10NaO6S3. The summed E-state index contributed by atoms with van der Waals surface area (Å²) in [5.41, 5.74) is 1.66. The molecule has 3 atom stereocenters. The largest absolute Gasteiger partial charge is 1.00 e. The van der Waals surface area contributed by atoms with E-state index in [1.807, 2.05) is 0 Å². The van der Waals surface area contributed by atoms with E-state index in [-0.39, 0.29) is 52.7 Å². The van der Waals surface area contributed by atoms with Crippen LogP contribution >= 0.6 is 34.9 Å². The number of benzene rings is 1. The molecule has 45 heavy (non-hydrogen) atoms. The minimum atomic E-state index is -1.50. The van der Waals surface area contributed by atoms with E-state index in [1.165, 1.54) is 51.9 Å². The molecule has 0 radical (unpaired) electrons. The second kappa shape index (κ2) is 14.0. The summed E-state index contributed by atoms with van der Waals surface area (Å²) in [5, 5.41) is 46.1. The van der Waals surface area contributed by atoms with Crippen LogP contribution in [-0.4, -0.2) is 91.8 Å². The van der Waals surface area contributed by atoms with Crippen LogP contribution in [0.5, 0.6) is 5.88 Å². The number of hydrogen-bond acceptors (Lipinski definition) is 15. The van der Waals surface area contributed by atoms with E-state index in [0.29, 0.717) is 15.5 Å². The van der Waals surface area contributed by atoms with E-state index in [1.54, 1.807) is 41.9 Å². The van der Waals surface area contributed by atoms with Gasteiger partial charge in [0.1, 0.15) is 23.0 Å². The van der Waals surface area contributed by atoms with Crippen LogP contribution in [0.2, 0.25) is 0 Å². The third-order valence-electron chi connectivity index (χ3n) is 6.50. The van der Waals surface area contributed by atoms with Crippen molar-refractivity contribution < 1.29 is 58.9 Å². The molecule has 3 aromatic heterocycles. The van der Waals surface area contributed by atoms with Crippen LogP contribution in [-0.2, 0) is 14.4 Å². The fourth-order valence-corrected chi connectivity index (χ4v) is 7.45. The molecule has 1 fully saturated rings. The molecule has 224 valence electrons. The van der Waals surface area contributed by atoms with E-state index in [9.17, 15) is 29.4 Å². The number of carboxylic acid groups (broad SMARTS) is 1. The predicted molar refractivity (Wildman–Crippen MR) is 153 cm³/mol. The summed E-state index contributed by atoms with van der Waals surface area (Å²) in [5.74, 6) is -4.08. The van der Waals surface area contributed by atoms with E-state index in [2.05, 4.69) is 41.1 Å². The molecule has 0 spiro atoms. The molecule has 1 saturated heterocycles. The molecular weight excluding hydrogens is 656 g/mol. The van der Waals surface area contributed by atoms with Gasteiger partial charge in [-0.15, -0.1) is 32.2 Å². The Kier molecular flexibility index (Phi) is 10.1. The molecule has 5 heterocycles. The van der Waals surface area contributed by atoms with Crippen molar-refractivity contribution in [2.75, 3.05) is 11.5 Å². The number of fused-ring (bicyclic) bond motifs is 1. The van der Waals surface area contributed by atoms with Gasteiger partial charge in [-0.25, -0.2) is 4.68 Å². The molecule has 0 bridgehead atoms. The average molecular weight is 675 g/mol. The number of nitrogens with one attached hydrogen (secondary N) is 2. The minimum absolute atomic E-state index is 0. The Morgan fingerprint density at radius 1 is 1.16 bits per heavy atom. The van der Waals surface area contributed by atoms with E-state index in [0.717, 1.165) is 4.90 Å². The second-order valence-corrected chi connectivity index (χ2v) is 12.3. The fraction of sp³-hybridized carbons (Fsp3) is 0.200. The number of β-lactam (4-membered cyclic amide) rings is 1. The standard InChI is InChI=1S/C25H20N10O6S3.Na/c36-18(29-16-21(39)35-17(23(40)41)13(9-42-22(16)35)10-43-25-33-26-11-44-25)14(12-5-2-1-3-6-12)28-19(37)15-20(38)30-24(32-31-15)34-8-4-7-27-34;/h1-8,11,14,16,22H,9-10H2,(H,28,37)(H,29,36)(H,40,41)(H,30,32,38);/q;+1/p-1/t14?,16?,22-;/m0./s1. The quantitative estimate of drug-likeness (QED) is 0.0837. The zero-order chi connectivity index (χ0) is 30.8. The van der Waals surface area contributed by atoms with Gasteiger partial charge in [-0.2, -0.15) is 10.1 Å². The minimum Gasteiger partial charge on any atom is -0.543 e. The third-order valence-corrected chi connectivity index (χ3v) is 9.79. The van der Waals surface area contributed by atoms with Crippen LogP contribution in [0.3, 0.4) is 0 Å². The van der Waals surface area contributed by atoms with Gasteiger partial charge in [0.25, 0.3) is 17.8 Å². The van der Waals surface area contributed by atoms with Gasteiger partial charge in [0.05, 0.1) is 11.7 Å². The zero-order valence-corrected chi connectivity index (χ0v) is 27.6. The Bertz CT molecular complexity index is 1760. The number of rotatable bonds is 10. The van der Waals surface area contributed by atoms with E-state index in [4.69, 9.17) is 0 Å². The maximum atomic E-state index is 13.6. The normalized spacial score (nSPS) is 17.9. The Morgan fingerprint density at radius 3 is 2.62 bits per heavy atom. The number of carbonyl (C=O) groups excluding carboxylic acids is 4. The number of aromatic hydroxyl groups is 1. The third kappa shape index (κ3) is 6.72. The molecule has 3 amide bonds. The summed E-state index contributed by atoms with van der Waals surface area (Å²) in [4.78, 5) is 56.9. The van der Waals surface area contributed by atoms with Gasteiger partial charge in [0, 0.05) is 23.9 Å². The number of nitrogens with zero attached hydrogens (tertiary/aromatic N) is 8. The van der Waals surface area contributed by atoms with Crippen molar-refractivity contribution in [3.8, 4) is 11.8 Å². The number of carbonyl (C=O) groups is 4. The second-order valence-electron chi connectivity index (χ2n) is 9.18. The molecule has 4 aromatic rings. The molecule has 3 N–H and O–H groups in total. The zero-order valence-electron chi connectivity index (χ0n) is 23.1. The van der Waals surface area contributed by atoms with Gasteiger partial charge in [-0.3, -0.25) is 19.3 Å². The number of aliphatic carboxylic acids is 1. The van der Waals surface area contributed by atoms with Crippen LogP contribution in [0.4, 0.5) is 0 Å².